The maximum atomic E-state index is 12.3. The maximum Gasteiger partial charge on any atom is 0.290 e. The molecule has 8 heteroatoms. The number of furan rings is 1. The third kappa shape index (κ3) is 3.09. The first kappa shape index (κ1) is 14.7. The Morgan fingerprint density at radius 3 is 2.89 bits per heavy atom. The van der Waals surface area contributed by atoms with E-state index in [2.05, 4.69) is 0 Å². The van der Waals surface area contributed by atoms with Gasteiger partial charge in [-0.25, -0.2) is 8.42 Å². The Labute approximate surface area is 121 Å². The number of amides is 1. The van der Waals surface area contributed by atoms with Crippen molar-refractivity contribution in [1.29, 1.82) is 0 Å². The van der Waals surface area contributed by atoms with Crippen molar-refractivity contribution in [3.05, 3.63) is 23.1 Å². The molecule has 106 valence electrons. The van der Waals surface area contributed by atoms with E-state index in [-0.39, 0.29) is 16.7 Å². The van der Waals surface area contributed by atoms with Crippen LogP contribution in [-0.4, -0.2) is 48.4 Å². The van der Waals surface area contributed by atoms with E-state index in [0.29, 0.717) is 12.3 Å². The highest BCUT2D eigenvalue weighted by Crippen LogP contribution is 2.24. The Bertz CT molecular complexity index is 569. The smallest absolute Gasteiger partial charge is 0.290 e. The van der Waals surface area contributed by atoms with Gasteiger partial charge in [0.05, 0.1) is 0 Å². The first-order chi connectivity index (χ1) is 8.95. The van der Waals surface area contributed by atoms with Crippen LogP contribution in [0.4, 0.5) is 0 Å². The number of nitrogens with zero attached hydrogens (tertiary/aromatic N) is 1. The van der Waals surface area contributed by atoms with Crippen LogP contribution in [0.15, 0.2) is 16.5 Å². The zero-order valence-electron chi connectivity index (χ0n) is 10.3. The van der Waals surface area contributed by atoms with Crippen molar-refractivity contribution >= 4 is 39.1 Å². The molecule has 0 radical (unpaired) electrons. The lowest BCUT2D eigenvalue weighted by Crippen LogP contribution is -2.50. The molecule has 19 heavy (non-hydrogen) atoms. The van der Waals surface area contributed by atoms with E-state index in [1.807, 2.05) is 0 Å². The van der Waals surface area contributed by atoms with Crippen molar-refractivity contribution in [1.82, 2.24) is 4.90 Å². The van der Waals surface area contributed by atoms with Crippen molar-refractivity contribution in [2.75, 3.05) is 23.8 Å². The summed E-state index contributed by atoms with van der Waals surface area (Å²) < 4.78 is 29.1. The van der Waals surface area contributed by atoms with Gasteiger partial charge in [0.15, 0.2) is 20.8 Å². The van der Waals surface area contributed by atoms with Gasteiger partial charge in [0, 0.05) is 23.8 Å². The van der Waals surface area contributed by atoms with Crippen LogP contribution >= 0.6 is 23.4 Å². The minimum absolute atomic E-state index is 0.0148. The summed E-state index contributed by atoms with van der Waals surface area (Å²) in [4.78, 5) is 13.7. The van der Waals surface area contributed by atoms with Gasteiger partial charge in [-0.1, -0.05) is 6.92 Å². The molecule has 0 aromatic carbocycles. The molecule has 1 atom stereocenters. The molecule has 0 N–H and O–H groups in total. The highest BCUT2D eigenvalue weighted by Gasteiger charge is 2.37. The van der Waals surface area contributed by atoms with E-state index in [4.69, 9.17) is 16.0 Å². The highest BCUT2D eigenvalue weighted by atomic mass is 35.5. The van der Waals surface area contributed by atoms with E-state index in [0.717, 1.165) is 5.75 Å². The Balaban J connectivity index is 2.27. The van der Waals surface area contributed by atoms with Crippen molar-refractivity contribution in [3.8, 4) is 0 Å². The van der Waals surface area contributed by atoms with Crippen molar-refractivity contribution in [2.45, 2.75) is 12.3 Å². The van der Waals surface area contributed by atoms with Gasteiger partial charge in [-0.2, -0.15) is 11.8 Å². The Kier molecular flexibility index (Phi) is 4.47. The third-order valence-electron chi connectivity index (χ3n) is 2.95. The number of carbonyl (C=O) groups is 1. The molecule has 0 aliphatic carbocycles. The average Bonchev–Trinajstić information content (AvgIpc) is 2.84. The molecule has 1 aliphatic heterocycles. The number of halogens is 1. The normalized spacial score (nSPS) is 20.5. The van der Waals surface area contributed by atoms with Crippen LogP contribution in [0.5, 0.6) is 0 Å². The third-order valence-corrected chi connectivity index (χ3v) is 6.44. The standard InChI is InChI=1S/C11H14ClNO4S2/c1-2-19(15,16)10-7-18-6-5-13(10)11(14)8-3-4-9(12)17-8/h3-4,10H,2,5-7H2,1H3. The van der Waals surface area contributed by atoms with Gasteiger partial charge in [-0.05, 0) is 23.7 Å². The molecule has 5 nitrogen and oxygen atoms in total. The number of sulfone groups is 1. The zero-order valence-corrected chi connectivity index (χ0v) is 12.7. The number of thioether (sulfide) groups is 1. The first-order valence-electron chi connectivity index (χ1n) is 5.81. The van der Waals surface area contributed by atoms with Crippen LogP contribution in [-0.2, 0) is 9.84 Å². The summed E-state index contributed by atoms with van der Waals surface area (Å²) in [5.41, 5.74) is 0. The molecule has 1 amide bonds. The molecule has 2 rings (SSSR count). The van der Waals surface area contributed by atoms with E-state index < -0.39 is 21.1 Å². The second-order valence-electron chi connectivity index (χ2n) is 4.08. The minimum atomic E-state index is -3.31. The van der Waals surface area contributed by atoms with Gasteiger partial charge in [-0.15, -0.1) is 0 Å². The Morgan fingerprint density at radius 2 is 2.32 bits per heavy atom. The van der Waals surface area contributed by atoms with E-state index >= 15 is 0 Å². The van der Waals surface area contributed by atoms with Gasteiger partial charge >= 0.3 is 0 Å². The average molecular weight is 324 g/mol. The lowest BCUT2D eigenvalue weighted by atomic mass is 10.3. The molecular formula is C11H14ClNO4S2. The SMILES string of the molecule is CCS(=O)(=O)C1CSCCN1C(=O)c1ccc(Cl)o1. The lowest BCUT2D eigenvalue weighted by molar-refractivity contribution is 0.0717. The summed E-state index contributed by atoms with van der Waals surface area (Å²) in [6.45, 7) is 1.98. The highest BCUT2D eigenvalue weighted by molar-refractivity contribution is 8.01. The molecule has 1 aromatic rings. The minimum Gasteiger partial charge on any atom is -0.440 e. The Morgan fingerprint density at radius 1 is 1.58 bits per heavy atom. The molecule has 2 heterocycles. The maximum absolute atomic E-state index is 12.3. The van der Waals surface area contributed by atoms with Crippen LogP contribution in [0.3, 0.4) is 0 Å². The fourth-order valence-electron chi connectivity index (χ4n) is 1.87. The Hall–Kier alpha value is -0.660. The van der Waals surface area contributed by atoms with Crippen LogP contribution in [0.25, 0.3) is 0 Å². The number of carbonyl (C=O) groups excluding carboxylic acids is 1. The molecule has 0 bridgehead atoms. The lowest BCUT2D eigenvalue weighted by Gasteiger charge is -2.34. The second kappa shape index (κ2) is 5.76. The van der Waals surface area contributed by atoms with Crippen LogP contribution in [0.2, 0.25) is 5.22 Å². The summed E-state index contributed by atoms with van der Waals surface area (Å²) in [7, 11) is -3.31. The van der Waals surface area contributed by atoms with Gasteiger partial charge in [0.2, 0.25) is 0 Å². The molecule has 1 saturated heterocycles. The first-order valence-corrected chi connectivity index (χ1v) is 9.06. The van der Waals surface area contributed by atoms with Crippen molar-refractivity contribution < 1.29 is 17.6 Å². The fraction of sp³-hybridized carbons (Fsp3) is 0.545. The largest absolute Gasteiger partial charge is 0.440 e. The van der Waals surface area contributed by atoms with Gasteiger partial charge in [0.1, 0.15) is 5.37 Å². The van der Waals surface area contributed by atoms with Gasteiger partial charge in [0.25, 0.3) is 5.91 Å². The van der Waals surface area contributed by atoms with E-state index in [1.165, 1.54) is 28.8 Å². The monoisotopic (exact) mass is 323 g/mol. The fourth-order valence-corrected chi connectivity index (χ4v) is 4.99. The van der Waals surface area contributed by atoms with Gasteiger partial charge in [-0.3, -0.25) is 4.79 Å². The number of hydrogen-bond donors (Lipinski definition) is 0. The summed E-state index contributed by atoms with van der Waals surface area (Å²) >= 11 is 7.17. The zero-order chi connectivity index (χ0) is 14.0. The molecule has 1 unspecified atom stereocenters. The van der Waals surface area contributed by atoms with E-state index in [1.54, 1.807) is 6.92 Å². The molecule has 0 spiro atoms. The van der Waals surface area contributed by atoms with Crippen LogP contribution < -0.4 is 0 Å². The van der Waals surface area contributed by atoms with Crippen molar-refractivity contribution in [3.63, 3.8) is 0 Å². The topological polar surface area (TPSA) is 67.6 Å². The quantitative estimate of drug-likeness (QED) is 0.849. The van der Waals surface area contributed by atoms with Crippen molar-refractivity contribution in [2.24, 2.45) is 0 Å². The molecule has 0 saturated carbocycles. The number of hydrogen-bond acceptors (Lipinski definition) is 5. The van der Waals surface area contributed by atoms with Crippen LogP contribution in [0, 0.1) is 0 Å². The molecule has 1 fully saturated rings. The van der Waals surface area contributed by atoms with Gasteiger partial charge < -0.3 is 9.32 Å². The molecule has 1 aliphatic rings. The second-order valence-corrected chi connectivity index (χ2v) is 8.05. The van der Waals surface area contributed by atoms with Crippen LogP contribution in [0.1, 0.15) is 17.5 Å². The summed E-state index contributed by atoms with van der Waals surface area (Å²) in [6, 6.07) is 2.93. The number of rotatable bonds is 3. The predicted octanol–water partition coefficient (Wildman–Crippen LogP) is 1.88. The molecule has 1 aromatic heterocycles. The predicted molar refractivity (Wildman–Crippen MR) is 75.3 cm³/mol. The molecular weight excluding hydrogens is 310 g/mol. The summed E-state index contributed by atoms with van der Waals surface area (Å²) in [5.74, 6) is 0.787. The van der Waals surface area contributed by atoms with E-state index in [9.17, 15) is 13.2 Å². The summed E-state index contributed by atoms with van der Waals surface area (Å²) in [6.07, 6.45) is 0. The summed E-state index contributed by atoms with van der Waals surface area (Å²) in [5, 5.41) is -0.669.